The van der Waals surface area contributed by atoms with Gasteiger partial charge in [0, 0.05) is 31.1 Å². The van der Waals surface area contributed by atoms with E-state index < -0.39 is 6.61 Å². The lowest BCUT2D eigenvalue weighted by atomic mass is 10.0. The molecule has 0 radical (unpaired) electrons. The van der Waals surface area contributed by atoms with Crippen molar-refractivity contribution in [2.45, 2.75) is 32.5 Å². The van der Waals surface area contributed by atoms with Crippen molar-refractivity contribution in [1.82, 2.24) is 9.80 Å². The van der Waals surface area contributed by atoms with E-state index in [2.05, 4.69) is 28.0 Å². The molecule has 2 aromatic rings. The largest absolute Gasteiger partial charge is 0.493 e. The highest BCUT2D eigenvalue weighted by Gasteiger charge is 2.27. The van der Waals surface area contributed by atoms with Crippen molar-refractivity contribution in [2.24, 2.45) is 0 Å². The van der Waals surface area contributed by atoms with Crippen LogP contribution < -0.4 is 9.47 Å². The molecule has 0 fully saturated rings. The zero-order valence-electron chi connectivity index (χ0n) is 16.2. The molecule has 152 valence electrons. The number of carbonyl (C=O) groups is 1. The smallest absolute Gasteiger partial charge is 0.387 e. The van der Waals surface area contributed by atoms with Gasteiger partial charge < -0.3 is 14.4 Å². The minimum Gasteiger partial charge on any atom is -0.493 e. The third-order valence-electron chi connectivity index (χ3n) is 5.03. The number of methoxy groups -OCH3 is 1. The van der Waals surface area contributed by atoms with Gasteiger partial charge in [-0.1, -0.05) is 6.07 Å². The average Bonchev–Trinajstić information content (AvgIpc) is 3.14. The number of likely N-dealkylation sites (N-methyl/N-ethyl adjacent to an activating group) is 1. The van der Waals surface area contributed by atoms with Crippen LogP contribution in [0.2, 0.25) is 0 Å². The number of hydrogen-bond acceptors (Lipinski definition) is 5. The maximum Gasteiger partial charge on any atom is 0.387 e. The third kappa shape index (κ3) is 4.62. The first-order valence-electron chi connectivity index (χ1n) is 9.05. The summed E-state index contributed by atoms with van der Waals surface area (Å²) in [6.07, 6.45) is 0.969. The molecule has 1 atom stereocenters. The predicted molar refractivity (Wildman–Crippen MR) is 104 cm³/mol. The van der Waals surface area contributed by atoms with Gasteiger partial charge in [-0.3, -0.25) is 9.69 Å². The van der Waals surface area contributed by atoms with Crippen molar-refractivity contribution in [2.75, 3.05) is 27.2 Å². The number of amides is 1. The number of ether oxygens (including phenoxy) is 2. The van der Waals surface area contributed by atoms with E-state index in [0.717, 1.165) is 18.5 Å². The normalized spacial score (nSPS) is 16.7. The molecule has 0 N–H and O–H groups in total. The highest BCUT2D eigenvalue weighted by molar-refractivity contribution is 7.10. The Morgan fingerprint density at radius 2 is 2.14 bits per heavy atom. The molecule has 1 amide bonds. The quantitative estimate of drug-likeness (QED) is 0.694. The second kappa shape index (κ2) is 8.87. The Kier molecular flexibility index (Phi) is 6.51. The summed E-state index contributed by atoms with van der Waals surface area (Å²) in [5.41, 5.74) is 2.09. The SMILES string of the molecule is COc1cc(CN(C)C(=O)CN2CCc3sccc3C2C)ccc1OC(F)F. The van der Waals surface area contributed by atoms with Gasteiger partial charge in [0.05, 0.1) is 13.7 Å². The molecule has 1 aromatic carbocycles. The third-order valence-corrected chi connectivity index (χ3v) is 6.03. The summed E-state index contributed by atoms with van der Waals surface area (Å²) in [6, 6.07) is 7.07. The molecule has 3 rings (SSSR count). The molecule has 5 nitrogen and oxygen atoms in total. The Bertz CT molecular complexity index is 828. The molecule has 0 saturated heterocycles. The molecule has 1 aromatic heterocycles. The van der Waals surface area contributed by atoms with Crippen LogP contribution in [0.15, 0.2) is 29.6 Å². The van der Waals surface area contributed by atoms with Crippen LogP contribution in [0.25, 0.3) is 0 Å². The van der Waals surface area contributed by atoms with E-state index in [9.17, 15) is 13.6 Å². The number of benzene rings is 1. The van der Waals surface area contributed by atoms with Gasteiger partial charge in [-0.05, 0) is 48.1 Å². The van der Waals surface area contributed by atoms with Crippen molar-refractivity contribution in [3.8, 4) is 11.5 Å². The number of nitrogens with zero attached hydrogens (tertiary/aromatic N) is 2. The van der Waals surface area contributed by atoms with E-state index in [-0.39, 0.29) is 23.4 Å². The van der Waals surface area contributed by atoms with Crippen LogP contribution >= 0.6 is 11.3 Å². The maximum absolute atomic E-state index is 12.7. The summed E-state index contributed by atoms with van der Waals surface area (Å²) in [7, 11) is 3.13. The molecule has 2 heterocycles. The van der Waals surface area contributed by atoms with Gasteiger partial charge >= 0.3 is 6.61 Å². The minimum atomic E-state index is -2.92. The monoisotopic (exact) mass is 410 g/mol. The van der Waals surface area contributed by atoms with E-state index in [4.69, 9.17) is 4.74 Å². The van der Waals surface area contributed by atoms with Crippen molar-refractivity contribution >= 4 is 17.2 Å². The van der Waals surface area contributed by atoms with Crippen LogP contribution in [0.5, 0.6) is 11.5 Å². The zero-order valence-corrected chi connectivity index (χ0v) is 17.0. The number of rotatable bonds is 7. The van der Waals surface area contributed by atoms with Crippen LogP contribution in [0.1, 0.15) is 29.0 Å². The summed E-state index contributed by atoms with van der Waals surface area (Å²) in [4.78, 5) is 17.9. The average molecular weight is 410 g/mol. The Hall–Kier alpha value is -2.19. The molecule has 0 bridgehead atoms. The summed E-state index contributed by atoms with van der Waals surface area (Å²) in [5, 5.41) is 2.10. The van der Waals surface area contributed by atoms with Crippen molar-refractivity contribution in [3.05, 3.63) is 45.6 Å². The number of fused-ring (bicyclic) bond motifs is 1. The van der Waals surface area contributed by atoms with Gasteiger partial charge in [0.25, 0.3) is 0 Å². The van der Waals surface area contributed by atoms with Crippen LogP contribution in [-0.4, -0.2) is 49.6 Å². The first kappa shape index (κ1) is 20.5. The fourth-order valence-electron chi connectivity index (χ4n) is 3.44. The topological polar surface area (TPSA) is 42.0 Å². The molecular weight excluding hydrogens is 386 g/mol. The highest BCUT2D eigenvalue weighted by Crippen LogP contribution is 2.33. The Balaban J connectivity index is 1.61. The van der Waals surface area contributed by atoms with E-state index in [1.165, 1.54) is 23.6 Å². The lowest BCUT2D eigenvalue weighted by Gasteiger charge is -2.34. The van der Waals surface area contributed by atoms with E-state index in [1.807, 2.05) is 0 Å². The standard InChI is InChI=1S/C20H24F2N2O3S/c1-13-15-7-9-28-18(15)6-8-24(13)12-19(25)23(2)11-14-4-5-16(27-20(21)22)17(10-14)26-3/h4-5,7,9-10,13,20H,6,8,11-12H2,1-3H3. The summed E-state index contributed by atoms with van der Waals surface area (Å²) in [6.45, 7) is 0.776. The van der Waals surface area contributed by atoms with E-state index in [1.54, 1.807) is 35.4 Å². The first-order chi connectivity index (χ1) is 13.4. The predicted octanol–water partition coefficient (Wildman–Crippen LogP) is 3.94. The highest BCUT2D eigenvalue weighted by atomic mass is 32.1. The molecule has 28 heavy (non-hydrogen) atoms. The minimum absolute atomic E-state index is 0.0115. The van der Waals surface area contributed by atoms with Crippen LogP contribution in [0, 0.1) is 0 Å². The number of alkyl halides is 2. The Morgan fingerprint density at radius 3 is 2.86 bits per heavy atom. The van der Waals surface area contributed by atoms with Gasteiger partial charge in [0.2, 0.25) is 5.91 Å². The fraction of sp³-hybridized carbons (Fsp3) is 0.450. The molecule has 1 unspecified atom stereocenters. The van der Waals surface area contributed by atoms with Crippen LogP contribution in [-0.2, 0) is 17.8 Å². The summed E-state index contributed by atoms with van der Waals surface area (Å²) in [5.74, 6) is 0.203. The second-order valence-electron chi connectivity index (χ2n) is 6.81. The van der Waals surface area contributed by atoms with E-state index in [0.29, 0.717) is 13.1 Å². The van der Waals surface area contributed by atoms with Crippen LogP contribution in [0.4, 0.5) is 8.78 Å². The Labute approximate surface area is 167 Å². The number of hydrogen-bond donors (Lipinski definition) is 0. The first-order valence-corrected chi connectivity index (χ1v) is 9.93. The van der Waals surface area contributed by atoms with Gasteiger partial charge in [-0.25, -0.2) is 0 Å². The Morgan fingerprint density at radius 1 is 1.36 bits per heavy atom. The molecule has 0 spiro atoms. The van der Waals surface area contributed by atoms with Gasteiger partial charge in [0.1, 0.15) is 0 Å². The van der Waals surface area contributed by atoms with Gasteiger partial charge in [-0.2, -0.15) is 8.78 Å². The molecular formula is C20H24F2N2O3S. The number of thiophene rings is 1. The lowest BCUT2D eigenvalue weighted by molar-refractivity contribution is -0.132. The van der Waals surface area contributed by atoms with Crippen LogP contribution in [0.3, 0.4) is 0 Å². The fourth-order valence-corrected chi connectivity index (χ4v) is 4.40. The van der Waals surface area contributed by atoms with E-state index >= 15 is 0 Å². The van der Waals surface area contributed by atoms with Crippen molar-refractivity contribution in [3.63, 3.8) is 0 Å². The van der Waals surface area contributed by atoms with Gasteiger partial charge in [0.15, 0.2) is 11.5 Å². The molecule has 1 aliphatic heterocycles. The van der Waals surface area contributed by atoms with Crippen molar-refractivity contribution in [1.29, 1.82) is 0 Å². The maximum atomic E-state index is 12.7. The van der Waals surface area contributed by atoms with Crippen molar-refractivity contribution < 1.29 is 23.0 Å². The number of halogens is 2. The summed E-state index contributed by atoms with van der Waals surface area (Å²) < 4.78 is 34.4. The lowest BCUT2D eigenvalue weighted by Crippen LogP contribution is -2.41. The van der Waals surface area contributed by atoms with Gasteiger partial charge in [-0.15, -0.1) is 11.3 Å². The molecule has 1 aliphatic rings. The number of carbonyl (C=O) groups excluding carboxylic acids is 1. The molecule has 0 aliphatic carbocycles. The zero-order chi connectivity index (χ0) is 20.3. The molecule has 0 saturated carbocycles. The second-order valence-corrected chi connectivity index (χ2v) is 7.81. The summed E-state index contributed by atoms with van der Waals surface area (Å²) >= 11 is 1.78. The molecule has 8 heteroatoms.